The molecular formula is C18H18ClN3OS. The summed E-state index contributed by atoms with van der Waals surface area (Å²) in [6.45, 7) is 4.58. The lowest BCUT2D eigenvalue weighted by molar-refractivity contribution is 0.340. The van der Waals surface area contributed by atoms with Crippen molar-refractivity contribution in [2.24, 2.45) is 0 Å². The molecule has 0 N–H and O–H groups in total. The summed E-state index contributed by atoms with van der Waals surface area (Å²) < 4.78 is 7.54. The number of nitrogens with zero attached hydrogens (tertiary/aromatic N) is 3. The molecular weight excluding hydrogens is 342 g/mol. The van der Waals surface area contributed by atoms with Gasteiger partial charge >= 0.3 is 0 Å². The first kappa shape index (κ1) is 16.9. The van der Waals surface area contributed by atoms with Crippen LogP contribution >= 0.6 is 23.4 Å². The van der Waals surface area contributed by atoms with Crippen molar-refractivity contribution < 1.29 is 4.74 Å². The zero-order chi connectivity index (χ0) is 16.9. The van der Waals surface area contributed by atoms with Crippen LogP contribution in [0.1, 0.15) is 18.3 Å². The van der Waals surface area contributed by atoms with Crippen LogP contribution in [0.5, 0.6) is 5.75 Å². The highest BCUT2D eigenvalue weighted by Crippen LogP contribution is 2.26. The van der Waals surface area contributed by atoms with Crippen molar-refractivity contribution >= 4 is 23.4 Å². The minimum Gasteiger partial charge on any atom is -0.494 e. The Morgan fingerprint density at radius 3 is 2.62 bits per heavy atom. The lowest BCUT2D eigenvalue weighted by Gasteiger charge is -2.10. The predicted octanol–water partition coefficient (Wildman–Crippen LogP) is 4.92. The molecule has 0 aliphatic rings. The van der Waals surface area contributed by atoms with Gasteiger partial charge in [0.2, 0.25) is 0 Å². The molecule has 3 rings (SSSR count). The zero-order valence-corrected chi connectivity index (χ0v) is 15.1. The number of hydrogen-bond acceptors (Lipinski definition) is 4. The first-order chi connectivity index (χ1) is 11.7. The highest BCUT2D eigenvalue weighted by molar-refractivity contribution is 7.98. The molecule has 0 spiro atoms. The second-order valence-corrected chi connectivity index (χ2v) is 6.59. The normalized spacial score (nSPS) is 10.8. The summed E-state index contributed by atoms with van der Waals surface area (Å²) in [6, 6.07) is 15.8. The molecule has 1 heterocycles. The summed E-state index contributed by atoms with van der Waals surface area (Å²) in [6.07, 6.45) is 0. The number of aromatic nitrogens is 3. The van der Waals surface area contributed by atoms with Crippen LogP contribution in [-0.4, -0.2) is 21.4 Å². The van der Waals surface area contributed by atoms with Crippen molar-refractivity contribution in [2.75, 3.05) is 6.61 Å². The fourth-order valence-corrected chi connectivity index (χ4v) is 3.52. The SMILES string of the molecule is CCOc1ccc(-n2c(C)nnc2SCc2cccc(Cl)c2)cc1. The van der Waals surface area contributed by atoms with Gasteiger partial charge in [-0.05, 0) is 55.8 Å². The van der Waals surface area contributed by atoms with Crippen LogP contribution in [0.2, 0.25) is 5.02 Å². The number of rotatable bonds is 6. The number of thioether (sulfide) groups is 1. The van der Waals surface area contributed by atoms with Gasteiger partial charge in [0.05, 0.1) is 6.61 Å². The van der Waals surface area contributed by atoms with E-state index < -0.39 is 0 Å². The van der Waals surface area contributed by atoms with Gasteiger partial charge in [-0.1, -0.05) is 35.5 Å². The first-order valence-electron chi connectivity index (χ1n) is 7.70. The predicted molar refractivity (Wildman–Crippen MR) is 98.3 cm³/mol. The molecule has 0 amide bonds. The molecule has 6 heteroatoms. The Bertz CT molecular complexity index is 817. The second kappa shape index (κ2) is 7.73. The van der Waals surface area contributed by atoms with E-state index in [2.05, 4.69) is 16.3 Å². The Hall–Kier alpha value is -1.98. The Kier molecular flexibility index (Phi) is 5.43. The van der Waals surface area contributed by atoms with E-state index in [0.717, 1.165) is 38.8 Å². The summed E-state index contributed by atoms with van der Waals surface area (Å²) in [5.74, 6) is 2.50. The minimum absolute atomic E-state index is 0.658. The van der Waals surface area contributed by atoms with Crippen molar-refractivity contribution in [2.45, 2.75) is 24.8 Å². The van der Waals surface area contributed by atoms with Crippen molar-refractivity contribution in [1.82, 2.24) is 14.8 Å². The van der Waals surface area contributed by atoms with Gasteiger partial charge in [-0.25, -0.2) is 0 Å². The highest BCUT2D eigenvalue weighted by Gasteiger charge is 2.12. The van der Waals surface area contributed by atoms with Crippen LogP contribution in [0.25, 0.3) is 5.69 Å². The molecule has 0 saturated carbocycles. The average Bonchev–Trinajstić information content (AvgIpc) is 2.95. The van der Waals surface area contributed by atoms with E-state index >= 15 is 0 Å². The molecule has 0 radical (unpaired) electrons. The minimum atomic E-state index is 0.658. The summed E-state index contributed by atoms with van der Waals surface area (Å²) in [5, 5.41) is 10.1. The molecule has 0 fully saturated rings. The summed E-state index contributed by atoms with van der Waals surface area (Å²) >= 11 is 7.68. The molecule has 1 aromatic heterocycles. The molecule has 0 bridgehead atoms. The maximum atomic E-state index is 6.04. The Morgan fingerprint density at radius 2 is 1.92 bits per heavy atom. The molecule has 0 unspecified atom stereocenters. The summed E-state index contributed by atoms with van der Waals surface area (Å²) in [4.78, 5) is 0. The fraction of sp³-hybridized carbons (Fsp3) is 0.222. The molecule has 24 heavy (non-hydrogen) atoms. The van der Waals surface area contributed by atoms with E-state index in [9.17, 15) is 0 Å². The largest absolute Gasteiger partial charge is 0.494 e. The van der Waals surface area contributed by atoms with E-state index in [-0.39, 0.29) is 0 Å². The molecule has 3 aromatic rings. The molecule has 2 aromatic carbocycles. The number of benzene rings is 2. The fourth-order valence-electron chi connectivity index (χ4n) is 2.37. The Labute approximate surface area is 150 Å². The molecule has 0 atom stereocenters. The van der Waals surface area contributed by atoms with E-state index in [1.165, 1.54) is 0 Å². The Morgan fingerprint density at radius 1 is 1.12 bits per heavy atom. The van der Waals surface area contributed by atoms with Crippen molar-refractivity contribution in [3.05, 3.63) is 64.9 Å². The quantitative estimate of drug-likeness (QED) is 0.585. The molecule has 0 aliphatic heterocycles. The van der Waals surface area contributed by atoms with Gasteiger partial charge in [0.15, 0.2) is 5.16 Å². The topological polar surface area (TPSA) is 39.9 Å². The number of ether oxygens (including phenoxy) is 1. The smallest absolute Gasteiger partial charge is 0.196 e. The van der Waals surface area contributed by atoms with Crippen LogP contribution in [-0.2, 0) is 5.75 Å². The monoisotopic (exact) mass is 359 g/mol. The lowest BCUT2D eigenvalue weighted by Crippen LogP contribution is -2.00. The molecule has 4 nitrogen and oxygen atoms in total. The second-order valence-electron chi connectivity index (χ2n) is 5.21. The van der Waals surface area contributed by atoms with Gasteiger partial charge < -0.3 is 4.74 Å². The third kappa shape index (κ3) is 3.91. The Balaban J connectivity index is 1.80. The average molecular weight is 360 g/mol. The van der Waals surface area contributed by atoms with Crippen molar-refractivity contribution in [3.8, 4) is 11.4 Å². The van der Waals surface area contributed by atoms with Gasteiger partial charge in [-0.3, -0.25) is 4.57 Å². The van der Waals surface area contributed by atoms with Gasteiger partial charge in [0.1, 0.15) is 11.6 Å². The van der Waals surface area contributed by atoms with Gasteiger partial charge in [0, 0.05) is 16.5 Å². The van der Waals surface area contributed by atoms with E-state index in [4.69, 9.17) is 16.3 Å². The van der Waals surface area contributed by atoms with E-state index in [0.29, 0.717) is 6.61 Å². The number of aryl methyl sites for hydroxylation is 1. The maximum Gasteiger partial charge on any atom is 0.196 e. The van der Waals surface area contributed by atoms with Crippen molar-refractivity contribution in [3.63, 3.8) is 0 Å². The molecule has 124 valence electrons. The van der Waals surface area contributed by atoms with E-state index in [1.54, 1.807) is 11.8 Å². The maximum absolute atomic E-state index is 6.04. The number of hydrogen-bond donors (Lipinski definition) is 0. The molecule has 0 saturated heterocycles. The van der Waals surface area contributed by atoms with Gasteiger partial charge in [-0.2, -0.15) is 0 Å². The third-order valence-electron chi connectivity index (χ3n) is 3.46. The zero-order valence-electron chi connectivity index (χ0n) is 13.6. The number of halogens is 1. The highest BCUT2D eigenvalue weighted by atomic mass is 35.5. The van der Waals surface area contributed by atoms with Crippen molar-refractivity contribution in [1.29, 1.82) is 0 Å². The van der Waals surface area contributed by atoms with Gasteiger partial charge in [-0.15, -0.1) is 10.2 Å². The van der Waals surface area contributed by atoms with Gasteiger partial charge in [0.25, 0.3) is 0 Å². The third-order valence-corrected chi connectivity index (χ3v) is 4.69. The van der Waals surface area contributed by atoms with Crippen LogP contribution in [0.4, 0.5) is 0 Å². The van der Waals surface area contributed by atoms with Crippen LogP contribution in [0.15, 0.2) is 53.7 Å². The standard InChI is InChI=1S/C18H18ClN3OS/c1-3-23-17-9-7-16(8-10-17)22-13(2)20-21-18(22)24-12-14-5-4-6-15(19)11-14/h4-11H,3,12H2,1-2H3. The lowest BCUT2D eigenvalue weighted by atomic mass is 10.2. The molecule has 0 aliphatic carbocycles. The summed E-state index contributed by atoms with van der Waals surface area (Å²) in [7, 11) is 0. The van der Waals surface area contributed by atoms with Crippen LogP contribution < -0.4 is 4.74 Å². The van der Waals surface area contributed by atoms with E-state index in [1.807, 2.05) is 60.9 Å². The van der Waals surface area contributed by atoms with Crippen LogP contribution in [0, 0.1) is 6.92 Å². The van der Waals surface area contributed by atoms with Crippen LogP contribution in [0.3, 0.4) is 0 Å². The summed E-state index contributed by atoms with van der Waals surface area (Å²) in [5.41, 5.74) is 2.18. The first-order valence-corrected chi connectivity index (χ1v) is 9.06.